The molecule has 0 aliphatic carbocycles. The molecule has 0 aliphatic heterocycles. The van der Waals surface area contributed by atoms with E-state index in [1.165, 1.54) is 12.4 Å². The Balaban J connectivity index is 2.14. The second kappa shape index (κ2) is 5.22. The number of hydrogen-bond donors (Lipinski definition) is 1. The van der Waals surface area contributed by atoms with E-state index in [9.17, 15) is 0 Å². The first-order valence-electron chi connectivity index (χ1n) is 4.63. The molecule has 0 saturated heterocycles. The van der Waals surface area contributed by atoms with Crippen molar-refractivity contribution in [2.75, 3.05) is 0 Å². The van der Waals surface area contributed by atoms with Crippen LogP contribution < -0.4 is 4.74 Å². The van der Waals surface area contributed by atoms with Crippen LogP contribution in [0.5, 0.6) is 11.8 Å². The lowest BCUT2D eigenvalue weighted by Crippen LogP contribution is -1.93. The summed E-state index contributed by atoms with van der Waals surface area (Å²) in [6.45, 7) is -0.0660. The van der Waals surface area contributed by atoms with Crippen LogP contribution in [0.2, 0.25) is 0 Å². The lowest BCUT2D eigenvalue weighted by Gasteiger charge is -2.03. The first kappa shape index (κ1) is 11.3. The van der Waals surface area contributed by atoms with Gasteiger partial charge in [-0.1, -0.05) is 6.07 Å². The minimum absolute atomic E-state index is 0.0660. The summed E-state index contributed by atoms with van der Waals surface area (Å²) in [7, 11) is 0. The van der Waals surface area contributed by atoms with Crippen LogP contribution in [0.1, 0.15) is 5.56 Å². The Morgan fingerprint density at radius 3 is 2.62 bits per heavy atom. The first-order chi connectivity index (χ1) is 7.78. The van der Waals surface area contributed by atoms with Crippen LogP contribution in [0.3, 0.4) is 0 Å². The van der Waals surface area contributed by atoms with Crippen LogP contribution in [-0.4, -0.2) is 15.1 Å². The summed E-state index contributed by atoms with van der Waals surface area (Å²) in [5.41, 5.74) is 0.662. The zero-order valence-corrected chi connectivity index (χ0v) is 10.5. The summed E-state index contributed by atoms with van der Waals surface area (Å²) in [6, 6.07) is 7.89. The van der Waals surface area contributed by atoms with E-state index in [0.29, 0.717) is 11.3 Å². The highest BCUT2D eigenvalue weighted by Gasteiger charge is 2.00. The molecule has 82 valence electrons. The van der Waals surface area contributed by atoms with Crippen molar-refractivity contribution in [3.8, 4) is 11.8 Å². The second-order valence-electron chi connectivity index (χ2n) is 3.09. The van der Waals surface area contributed by atoms with E-state index in [1.54, 1.807) is 0 Å². The largest absolute Gasteiger partial charge is 0.424 e. The number of ether oxygens (including phenoxy) is 1. The summed E-state index contributed by atoms with van der Waals surface area (Å²) in [5.74, 6) is 0.698. The Morgan fingerprint density at radius 1 is 1.25 bits per heavy atom. The highest BCUT2D eigenvalue weighted by Crippen LogP contribution is 2.19. The summed E-state index contributed by atoms with van der Waals surface area (Å²) < 4.78 is 6.54. The van der Waals surface area contributed by atoms with Crippen LogP contribution in [0.4, 0.5) is 0 Å². The molecule has 1 aromatic carbocycles. The van der Waals surface area contributed by atoms with Crippen molar-refractivity contribution in [1.82, 2.24) is 9.97 Å². The Labute approximate surface area is 106 Å². The molecule has 2 aromatic rings. The van der Waals surface area contributed by atoms with Crippen molar-refractivity contribution in [1.29, 1.82) is 0 Å². The molecule has 1 aromatic heterocycles. The zero-order valence-electron chi connectivity index (χ0n) is 8.30. The number of rotatable bonds is 3. The van der Waals surface area contributed by atoms with E-state index in [2.05, 4.69) is 32.6 Å². The van der Waals surface area contributed by atoms with Crippen molar-refractivity contribution in [3.63, 3.8) is 0 Å². The van der Waals surface area contributed by atoms with E-state index >= 15 is 0 Å². The van der Waals surface area contributed by atoms with Crippen molar-refractivity contribution < 1.29 is 9.84 Å². The highest BCUT2D eigenvalue weighted by molar-refractivity contribution is 14.1. The third-order valence-corrected chi connectivity index (χ3v) is 2.54. The Morgan fingerprint density at radius 2 is 2.00 bits per heavy atom. The summed E-state index contributed by atoms with van der Waals surface area (Å²) in [6.07, 6.45) is 3.08. The van der Waals surface area contributed by atoms with E-state index in [4.69, 9.17) is 9.84 Å². The maximum atomic E-state index is 8.83. The van der Waals surface area contributed by atoms with Crippen LogP contribution in [0.25, 0.3) is 0 Å². The molecule has 0 fully saturated rings. The quantitative estimate of drug-likeness (QED) is 0.879. The molecule has 0 bridgehead atoms. The molecule has 2 rings (SSSR count). The van der Waals surface area contributed by atoms with Gasteiger partial charge in [0.2, 0.25) is 0 Å². The molecule has 0 unspecified atom stereocenters. The molecule has 1 heterocycles. The van der Waals surface area contributed by atoms with Gasteiger partial charge in [0, 0.05) is 21.5 Å². The van der Waals surface area contributed by atoms with E-state index in [1.807, 2.05) is 24.3 Å². The monoisotopic (exact) mass is 328 g/mol. The number of hydrogen-bond acceptors (Lipinski definition) is 4. The molecule has 0 atom stereocenters. The van der Waals surface area contributed by atoms with Gasteiger partial charge in [0.25, 0.3) is 0 Å². The molecule has 0 saturated carbocycles. The molecular weight excluding hydrogens is 319 g/mol. The fourth-order valence-corrected chi connectivity index (χ4v) is 1.63. The minimum Gasteiger partial charge on any atom is -0.424 e. The Bertz CT molecular complexity index is 474. The standard InChI is InChI=1S/C11H9IN2O2/c12-9-2-1-3-10(4-9)16-11-13-5-8(7-15)6-14-11/h1-6,15H,7H2. The van der Waals surface area contributed by atoms with E-state index < -0.39 is 0 Å². The van der Waals surface area contributed by atoms with E-state index in [0.717, 1.165) is 3.57 Å². The molecule has 5 heteroatoms. The molecule has 0 aliphatic rings. The second-order valence-corrected chi connectivity index (χ2v) is 4.34. The van der Waals surface area contributed by atoms with Gasteiger partial charge in [-0.05, 0) is 40.8 Å². The lowest BCUT2D eigenvalue weighted by atomic mass is 10.3. The number of nitrogens with zero attached hydrogens (tertiary/aromatic N) is 2. The fourth-order valence-electron chi connectivity index (χ4n) is 1.11. The van der Waals surface area contributed by atoms with Gasteiger partial charge in [-0.25, -0.2) is 9.97 Å². The number of aromatic nitrogens is 2. The van der Waals surface area contributed by atoms with E-state index in [-0.39, 0.29) is 12.6 Å². The smallest absolute Gasteiger partial charge is 0.321 e. The van der Waals surface area contributed by atoms with Gasteiger partial charge in [-0.2, -0.15) is 0 Å². The topological polar surface area (TPSA) is 55.2 Å². The predicted molar refractivity (Wildman–Crippen MR) is 67.2 cm³/mol. The summed E-state index contributed by atoms with van der Waals surface area (Å²) in [5, 5.41) is 8.83. The minimum atomic E-state index is -0.0660. The van der Waals surface area contributed by atoms with Gasteiger partial charge >= 0.3 is 6.01 Å². The average Bonchev–Trinajstić information content (AvgIpc) is 2.30. The third-order valence-electron chi connectivity index (χ3n) is 1.87. The number of aliphatic hydroxyl groups is 1. The van der Waals surface area contributed by atoms with Gasteiger partial charge in [-0.3, -0.25) is 0 Å². The maximum Gasteiger partial charge on any atom is 0.321 e. The highest BCUT2D eigenvalue weighted by atomic mass is 127. The molecule has 0 radical (unpaired) electrons. The third kappa shape index (κ3) is 2.89. The van der Waals surface area contributed by atoms with Gasteiger partial charge < -0.3 is 9.84 Å². The van der Waals surface area contributed by atoms with Crippen molar-refractivity contribution in [2.24, 2.45) is 0 Å². The molecule has 0 amide bonds. The van der Waals surface area contributed by atoms with Gasteiger partial charge in [0.05, 0.1) is 6.61 Å². The maximum absolute atomic E-state index is 8.83. The predicted octanol–water partition coefficient (Wildman–Crippen LogP) is 2.37. The Hall–Kier alpha value is -1.21. The van der Waals surface area contributed by atoms with Gasteiger partial charge in [-0.15, -0.1) is 0 Å². The summed E-state index contributed by atoms with van der Waals surface area (Å²) in [4.78, 5) is 7.96. The molecule has 16 heavy (non-hydrogen) atoms. The first-order valence-corrected chi connectivity index (χ1v) is 5.71. The molecule has 4 nitrogen and oxygen atoms in total. The van der Waals surface area contributed by atoms with Gasteiger partial charge in [0.1, 0.15) is 5.75 Å². The van der Waals surface area contributed by atoms with Crippen molar-refractivity contribution >= 4 is 22.6 Å². The van der Waals surface area contributed by atoms with Crippen LogP contribution in [-0.2, 0) is 6.61 Å². The fraction of sp³-hybridized carbons (Fsp3) is 0.0909. The zero-order chi connectivity index (χ0) is 11.4. The van der Waals surface area contributed by atoms with Crippen LogP contribution in [0.15, 0.2) is 36.7 Å². The molecule has 1 N–H and O–H groups in total. The Kier molecular flexibility index (Phi) is 3.68. The SMILES string of the molecule is OCc1cnc(Oc2cccc(I)c2)nc1. The lowest BCUT2D eigenvalue weighted by molar-refractivity contribution is 0.280. The molecular formula is C11H9IN2O2. The normalized spacial score (nSPS) is 10.1. The number of aliphatic hydroxyl groups excluding tert-OH is 1. The average molecular weight is 328 g/mol. The van der Waals surface area contributed by atoms with Crippen LogP contribution in [0, 0.1) is 3.57 Å². The number of halogens is 1. The number of benzene rings is 1. The van der Waals surface area contributed by atoms with Crippen molar-refractivity contribution in [2.45, 2.75) is 6.61 Å². The van der Waals surface area contributed by atoms with Gasteiger partial charge in [0.15, 0.2) is 0 Å². The summed E-state index contributed by atoms with van der Waals surface area (Å²) >= 11 is 2.21. The van der Waals surface area contributed by atoms with Crippen LogP contribution >= 0.6 is 22.6 Å². The van der Waals surface area contributed by atoms with Crippen molar-refractivity contribution in [3.05, 3.63) is 45.8 Å². The molecule has 0 spiro atoms.